The molecule has 1 aliphatic carbocycles. The van der Waals surface area contributed by atoms with Gasteiger partial charge in [0.15, 0.2) is 0 Å². The van der Waals surface area contributed by atoms with E-state index in [1.807, 2.05) is 32.0 Å². The molecule has 190 valence electrons. The third kappa shape index (κ3) is 5.98. The number of anilines is 1. The van der Waals surface area contributed by atoms with E-state index in [0.717, 1.165) is 61.3 Å². The lowest BCUT2D eigenvalue weighted by molar-refractivity contribution is 0.0939. The zero-order valence-corrected chi connectivity index (χ0v) is 21.8. The molecule has 2 fully saturated rings. The summed E-state index contributed by atoms with van der Waals surface area (Å²) in [5.41, 5.74) is 4.91. The van der Waals surface area contributed by atoms with Crippen LogP contribution in [0, 0.1) is 6.92 Å². The number of aryl methyl sites for hydroxylation is 1. The maximum atomic E-state index is 13.2. The topological polar surface area (TPSA) is 85.4 Å². The first kappa shape index (κ1) is 25.0. The minimum absolute atomic E-state index is 0.0534. The van der Waals surface area contributed by atoms with Crippen LogP contribution in [0.4, 0.5) is 5.69 Å². The molecule has 5 N–H and O–H groups in total. The van der Waals surface area contributed by atoms with Crippen LogP contribution < -0.4 is 21.3 Å². The molecule has 5 rings (SSSR count). The summed E-state index contributed by atoms with van der Waals surface area (Å²) in [6.45, 7) is 6.76. The van der Waals surface area contributed by atoms with Crippen molar-refractivity contribution in [2.24, 2.45) is 0 Å². The van der Waals surface area contributed by atoms with Gasteiger partial charge in [-0.25, -0.2) is 0 Å². The number of aliphatic hydroxyl groups excluding tert-OH is 1. The third-order valence-corrected chi connectivity index (χ3v) is 8.42. The lowest BCUT2D eigenvalue weighted by atomic mass is 10.0. The van der Waals surface area contributed by atoms with Crippen LogP contribution in [0.25, 0.3) is 10.4 Å². The molecule has 7 heteroatoms. The zero-order chi connectivity index (χ0) is 25.1. The number of carbonyl (C=O) groups excluding carboxylic acids is 1. The molecule has 2 aromatic carbocycles. The number of nitrogens with one attached hydrogen (secondary N) is 4. The van der Waals surface area contributed by atoms with Gasteiger partial charge in [-0.2, -0.15) is 0 Å². The average Bonchev–Trinajstić information content (AvgIpc) is 3.50. The lowest BCUT2D eigenvalue weighted by Gasteiger charge is -2.29. The van der Waals surface area contributed by atoms with Crippen LogP contribution in [0.5, 0.6) is 0 Å². The van der Waals surface area contributed by atoms with Gasteiger partial charge in [0.25, 0.3) is 5.91 Å². The number of aliphatic hydroxyl groups is 1. The van der Waals surface area contributed by atoms with Gasteiger partial charge in [0.05, 0.1) is 18.2 Å². The fourth-order valence-corrected chi connectivity index (χ4v) is 5.87. The second-order valence-corrected chi connectivity index (χ2v) is 11.3. The second-order valence-electron chi connectivity index (χ2n) is 10.2. The Labute approximate surface area is 217 Å². The standard InChI is InChI=1S/C29H36N4O2S/c1-18-6-7-23(33-24-15-30-16-24)14-27(18)29(35)32-19(2)20-4-3-5-21(12-20)28-11-10-26(36-28)17-31-22-8-9-25(34)13-22/h3-7,10-12,14,19,22,24-25,30-31,33-34H,8-9,13,15-17H2,1-2H3,(H,32,35)/t19?,22-,25+/m1/s1. The van der Waals surface area contributed by atoms with Crippen molar-refractivity contribution >= 4 is 22.9 Å². The molecule has 3 atom stereocenters. The van der Waals surface area contributed by atoms with E-state index in [2.05, 4.69) is 57.7 Å². The summed E-state index contributed by atoms with van der Waals surface area (Å²) < 4.78 is 0. The molecule has 0 bridgehead atoms. The number of rotatable bonds is 9. The van der Waals surface area contributed by atoms with Crippen LogP contribution in [0.2, 0.25) is 0 Å². The van der Waals surface area contributed by atoms with Gasteiger partial charge in [-0.15, -0.1) is 11.3 Å². The largest absolute Gasteiger partial charge is 0.393 e. The van der Waals surface area contributed by atoms with Crippen molar-refractivity contribution in [3.63, 3.8) is 0 Å². The number of hydrogen-bond acceptors (Lipinski definition) is 6. The molecule has 36 heavy (non-hydrogen) atoms. The van der Waals surface area contributed by atoms with Gasteiger partial charge in [0.1, 0.15) is 0 Å². The highest BCUT2D eigenvalue weighted by Gasteiger charge is 2.22. The number of hydrogen-bond donors (Lipinski definition) is 5. The van der Waals surface area contributed by atoms with Crippen molar-refractivity contribution in [3.05, 3.63) is 76.2 Å². The molecule has 1 amide bonds. The Bertz CT molecular complexity index is 1210. The van der Waals surface area contributed by atoms with Gasteiger partial charge in [-0.3, -0.25) is 4.79 Å². The number of carbonyl (C=O) groups is 1. The van der Waals surface area contributed by atoms with Crippen molar-refractivity contribution < 1.29 is 9.90 Å². The number of thiophene rings is 1. The first-order chi connectivity index (χ1) is 17.4. The molecule has 0 spiro atoms. The Morgan fingerprint density at radius 1 is 1.11 bits per heavy atom. The first-order valence-corrected chi connectivity index (χ1v) is 13.8. The second kappa shape index (κ2) is 11.1. The van der Waals surface area contributed by atoms with Crippen LogP contribution in [-0.2, 0) is 6.54 Å². The van der Waals surface area contributed by atoms with Crippen molar-refractivity contribution in [3.8, 4) is 10.4 Å². The molecule has 1 saturated carbocycles. The quantitative estimate of drug-likeness (QED) is 0.294. The molecular formula is C29H36N4O2S. The molecule has 1 aliphatic heterocycles. The van der Waals surface area contributed by atoms with E-state index < -0.39 is 0 Å². The Morgan fingerprint density at radius 3 is 2.72 bits per heavy atom. The summed E-state index contributed by atoms with van der Waals surface area (Å²) in [5, 5.41) is 23.3. The van der Waals surface area contributed by atoms with Crippen molar-refractivity contribution in [1.82, 2.24) is 16.0 Å². The number of amides is 1. The van der Waals surface area contributed by atoms with E-state index in [0.29, 0.717) is 17.6 Å². The molecule has 0 radical (unpaired) electrons. The first-order valence-electron chi connectivity index (χ1n) is 12.9. The predicted molar refractivity (Wildman–Crippen MR) is 148 cm³/mol. The number of benzene rings is 2. The monoisotopic (exact) mass is 504 g/mol. The van der Waals surface area contributed by atoms with Crippen molar-refractivity contribution in [2.75, 3.05) is 18.4 Å². The summed E-state index contributed by atoms with van der Waals surface area (Å²) in [7, 11) is 0. The maximum Gasteiger partial charge on any atom is 0.252 e. The summed E-state index contributed by atoms with van der Waals surface area (Å²) in [5.74, 6) is -0.0534. The van der Waals surface area contributed by atoms with E-state index in [1.54, 1.807) is 11.3 Å². The van der Waals surface area contributed by atoms with E-state index in [1.165, 1.54) is 9.75 Å². The average molecular weight is 505 g/mol. The molecular weight excluding hydrogens is 468 g/mol. The molecule has 1 unspecified atom stereocenters. The minimum Gasteiger partial charge on any atom is -0.393 e. The highest BCUT2D eigenvalue weighted by molar-refractivity contribution is 7.15. The van der Waals surface area contributed by atoms with E-state index >= 15 is 0 Å². The van der Waals surface area contributed by atoms with Gasteiger partial charge in [0, 0.05) is 46.7 Å². The van der Waals surface area contributed by atoms with Crippen LogP contribution in [0.15, 0.2) is 54.6 Å². The minimum atomic E-state index is -0.152. The van der Waals surface area contributed by atoms with Gasteiger partial charge < -0.3 is 26.4 Å². The summed E-state index contributed by atoms with van der Waals surface area (Å²) in [6, 6.07) is 19.5. The molecule has 1 saturated heterocycles. The Hall–Kier alpha value is -2.71. The van der Waals surface area contributed by atoms with E-state index in [9.17, 15) is 9.90 Å². The fourth-order valence-electron chi connectivity index (χ4n) is 4.92. The zero-order valence-electron chi connectivity index (χ0n) is 21.0. The van der Waals surface area contributed by atoms with Crippen LogP contribution >= 0.6 is 11.3 Å². The van der Waals surface area contributed by atoms with Crippen LogP contribution in [0.3, 0.4) is 0 Å². The third-order valence-electron chi connectivity index (χ3n) is 7.28. The Morgan fingerprint density at radius 2 is 1.97 bits per heavy atom. The lowest BCUT2D eigenvalue weighted by Crippen LogP contribution is -2.51. The molecule has 6 nitrogen and oxygen atoms in total. The summed E-state index contributed by atoms with van der Waals surface area (Å²) in [6.07, 6.45) is 2.64. The van der Waals surface area contributed by atoms with Crippen LogP contribution in [0.1, 0.15) is 58.6 Å². The summed E-state index contributed by atoms with van der Waals surface area (Å²) >= 11 is 1.79. The predicted octanol–water partition coefficient (Wildman–Crippen LogP) is 4.60. The highest BCUT2D eigenvalue weighted by atomic mass is 32.1. The smallest absolute Gasteiger partial charge is 0.252 e. The van der Waals surface area contributed by atoms with E-state index in [4.69, 9.17) is 0 Å². The van der Waals surface area contributed by atoms with Crippen molar-refractivity contribution in [1.29, 1.82) is 0 Å². The Balaban J connectivity index is 1.22. The molecule has 2 aliphatic rings. The molecule has 2 heterocycles. The SMILES string of the molecule is Cc1ccc(NC2CNC2)cc1C(=O)NC(C)c1cccc(-c2ccc(CN[C@@H]3CC[C@H](O)C3)s2)c1. The fraction of sp³-hybridized carbons (Fsp3) is 0.414. The van der Waals surface area contributed by atoms with Gasteiger partial charge in [-0.1, -0.05) is 24.3 Å². The molecule has 3 aromatic rings. The molecule has 1 aromatic heterocycles. The van der Waals surface area contributed by atoms with E-state index in [-0.39, 0.29) is 18.1 Å². The van der Waals surface area contributed by atoms with Gasteiger partial charge in [-0.05, 0) is 80.1 Å². The highest BCUT2D eigenvalue weighted by Crippen LogP contribution is 2.30. The van der Waals surface area contributed by atoms with Crippen molar-refractivity contribution in [2.45, 2.75) is 63.9 Å². The maximum absolute atomic E-state index is 13.2. The summed E-state index contributed by atoms with van der Waals surface area (Å²) in [4.78, 5) is 15.7. The Kier molecular flexibility index (Phi) is 7.72. The van der Waals surface area contributed by atoms with Gasteiger partial charge in [0.2, 0.25) is 0 Å². The normalized spacial score (nSPS) is 20.6. The van der Waals surface area contributed by atoms with Gasteiger partial charge >= 0.3 is 0 Å². The van der Waals surface area contributed by atoms with Crippen LogP contribution in [-0.4, -0.2) is 42.3 Å².